The molecule has 3 heterocycles. The van der Waals surface area contributed by atoms with Gasteiger partial charge >= 0.3 is 0 Å². The minimum absolute atomic E-state index is 0.195. The molecule has 3 aromatic heterocycles. The van der Waals surface area contributed by atoms with E-state index in [1.165, 1.54) is 6.26 Å². The molecule has 0 unspecified atom stereocenters. The van der Waals surface area contributed by atoms with E-state index < -0.39 is 0 Å². The smallest absolute Gasteiger partial charge is 0.274 e. The SMILES string of the molecule is C=COC(Cn1cc(C2CC2)cc(Nc2nc3ccc(Oc4ccnc(N)c4)cc3n2C)c1=O)=NC. The molecule has 1 aromatic carbocycles. The topological polar surface area (TPSA) is 122 Å². The van der Waals surface area contributed by atoms with Crippen molar-refractivity contribution in [2.45, 2.75) is 25.3 Å². The van der Waals surface area contributed by atoms with Crippen LogP contribution in [-0.2, 0) is 18.3 Å². The maximum Gasteiger partial charge on any atom is 0.274 e. The monoisotopic (exact) mass is 485 g/mol. The summed E-state index contributed by atoms with van der Waals surface area (Å²) in [7, 11) is 3.50. The Morgan fingerprint density at radius 2 is 2.08 bits per heavy atom. The van der Waals surface area contributed by atoms with E-state index in [-0.39, 0.29) is 12.1 Å². The number of aromatic nitrogens is 4. The van der Waals surface area contributed by atoms with Gasteiger partial charge in [-0.1, -0.05) is 6.58 Å². The standard InChI is InChI=1S/C26H27N7O3/c1-4-35-24(28-2)15-33-14-17(16-5-6-16)11-21(25(33)34)31-26-30-20-8-7-18(12-22(20)32(26)3)36-19-9-10-29-23(27)13-19/h4,7-14,16H,1,5-6,15H2,2-3H3,(H2,27,29)(H,30,31). The lowest BCUT2D eigenvalue weighted by Crippen LogP contribution is -2.27. The van der Waals surface area contributed by atoms with Crippen molar-refractivity contribution in [3.63, 3.8) is 0 Å². The first-order valence-corrected chi connectivity index (χ1v) is 11.6. The van der Waals surface area contributed by atoms with Gasteiger partial charge in [0, 0.05) is 38.6 Å². The number of nitrogen functional groups attached to an aromatic ring is 1. The van der Waals surface area contributed by atoms with Gasteiger partial charge in [-0.3, -0.25) is 9.79 Å². The molecule has 10 nitrogen and oxygen atoms in total. The molecule has 5 rings (SSSR count). The molecule has 0 spiro atoms. The first kappa shape index (κ1) is 23.2. The van der Waals surface area contributed by atoms with Crippen molar-refractivity contribution in [3.05, 3.63) is 77.6 Å². The number of aliphatic imine (C=N–C) groups is 1. The summed E-state index contributed by atoms with van der Waals surface area (Å²) in [6, 6.07) is 10.9. The van der Waals surface area contributed by atoms with Crippen LogP contribution in [0.5, 0.6) is 11.5 Å². The Morgan fingerprint density at radius 3 is 2.81 bits per heavy atom. The molecule has 184 valence electrons. The zero-order chi connectivity index (χ0) is 25.2. The number of hydrogen-bond donors (Lipinski definition) is 2. The number of fused-ring (bicyclic) bond motifs is 1. The van der Waals surface area contributed by atoms with Crippen LogP contribution < -0.4 is 21.3 Å². The zero-order valence-electron chi connectivity index (χ0n) is 20.1. The molecule has 3 N–H and O–H groups in total. The second kappa shape index (κ2) is 9.57. The number of anilines is 3. The highest BCUT2D eigenvalue weighted by Gasteiger charge is 2.26. The van der Waals surface area contributed by atoms with Crippen LogP contribution in [0.15, 0.2) is 71.4 Å². The molecule has 1 aliphatic carbocycles. The van der Waals surface area contributed by atoms with Crippen LogP contribution in [0.25, 0.3) is 11.0 Å². The summed E-state index contributed by atoms with van der Waals surface area (Å²) in [5, 5.41) is 3.25. The first-order chi connectivity index (χ1) is 17.4. The lowest BCUT2D eigenvalue weighted by molar-refractivity contribution is 0.448. The van der Waals surface area contributed by atoms with Gasteiger partial charge in [0.1, 0.15) is 29.5 Å². The van der Waals surface area contributed by atoms with Gasteiger partial charge in [-0.05, 0) is 48.6 Å². The Morgan fingerprint density at radius 1 is 1.28 bits per heavy atom. The Bertz CT molecular complexity index is 1530. The molecule has 4 aromatic rings. The van der Waals surface area contributed by atoms with Crippen molar-refractivity contribution >= 4 is 34.4 Å². The van der Waals surface area contributed by atoms with Crippen LogP contribution in [0.4, 0.5) is 17.5 Å². The Kier molecular flexibility index (Phi) is 6.16. The second-order valence-electron chi connectivity index (χ2n) is 8.58. The number of ether oxygens (including phenoxy) is 2. The van der Waals surface area contributed by atoms with Gasteiger partial charge in [0.25, 0.3) is 5.56 Å². The summed E-state index contributed by atoms with van der Waals surface area (Å²) < 4.78 is 14.8. The van der Waals surface area contributed by atoms with Crippen molar-refractivity contribution in [2.24, 2.45) is 12.0 Å². The normalized spacial score (nSPS) is 13.6. The fourth-order valence-electron chi connectivity index (χ4n) is 4.00. The molecule has 0 atom stereocenters. The zero-order valence-corrected chi connectivity index (χ0v) is 20.1. The van der Waals surface area contributed by atoms with Gasteiger partial charge in [0.15, 0.2) is 0 Å². The van der Waals surface area contributed by atoms with Gasteiger partial charge in [-0.25, -0.2) is 9.97 Å². The third kappa shape index (κ3) is 4.78. The molecule has 1 aliphatic rings. The highest BCUT2D eigenvalue weighted by atomic mass is 16.5. The molecular weight excluding hydrogens is 458 g/mol. The van der Waals surface area contributed by atoms with Crippen LogP contribution >= 0.6 is 0 Å². The van der Waals surface area contributed by atoms with E-state index in [4.69, 9.17) is 20.2 Å². The fourth-order valence-corrected chi connectivity index (χ4v) is 4.00. The van der Waals surface area contributed by atoms with Crippen LogP contribution in [0, 0.1) is 0 Å². The summed E-state index contributed by atoms with van der Waals surface area (Å²) in [5.74, 6) is 3.00. The number of benzene rings is 1. The van der Waals surface area contributed by atoms with E-state index in [2.05, 4.69) is 21.9 Å². The third-order valence-electron chi connectivity index (χ3n) is 6.02. The quantitative estimate of drug-likeness (QED) is 0.217. The molecule has 1 saturated carbocycles. The molecule has 36 heavy (non-hydrogen) atoms. The Hall–Kier alpha value is -4.60. The second-order valence-corrected chi connectivity index (χ2v) is 8.58. The molecule has 0 radical (unpaired) electrons. The van der Waals surface area contributed by atoms with Crippen molar-refractivity contribution in [1.82, 2.24) is 19.1 Å². The van der Waals surface area contributed by atoms with Crippen LogP contribution in [0.3, 0.4) is 0 Å². The fraction of sp³-hybridized carbons (Fsp3) is 0.231. The lowest BCUT2D eigenvalue weighted by atomic mass is 10.2. The van der Waals surface area contributed by atoms with Crippen molar-refractivity contribution < 1.29 is 9.47 Å². The molecule has 1 fully saturated rings. The van der Waals surface area contributed by atoms with Crippen molar-refractivity contribution in [1.29, 1.82) is 0 Å². The van der Waals surface area contributed by atoms with Gasteiger partial charge < -0.3 is 29.7 Å². The maximum absolute atomic E-state index is 13.3. The van der Waals surface area contributed by atoms with Gasteiger partial charge in [0.2, 0.25) is 11.8 Å². The lowest BCUT2D eigenvalue weighted by Gasteiger charge is -2.13. The number of pyridine rings is 2. The van der Waals surface area contributed by atoms with Gasteiger partial charge in [0.05, 0.1) is 17.3 Å². The molecule has 0 saturated heterocycles. The molecular formula is C26H27N7O3. The molecule has 0 bridgehead atoms. The maximum atomic E-state index is 13.3. The number of rotatable bonds is 8. The Balaban J connectivity index is 1.47. The van der Waals surface area contributed by atoms with E-state index in [9.17, 15) is 4.79 Å². The minimum Gasteiger partial charge on any atom is -0.457 e. The number of nitrogens with two attached hydrogens (primary N) is 1. The van der Waals surface area contributed by atoms with Gasteiger partial charge in [-0.2, -0.15) is 0 Å². The predicted octanol–water partition coefficient (Wildman–Crippen LogP) is 4.31. The number of hydrogen-bond acceptors (Lipinski definition) is 8. The van der Waals surface area contributed by atoms with E-state index in [0.29, 0.717) is 40.8 Å². The minimum atomic E-state index is -0.195. The first-order valence-electron chi connectivity index (χ1n) is 11.6. The van der Waals surface area contributed by atoms with Gasteiger partial charge in [-0.15, -0.1) is 0 Å². The van der Waals surface area contributed by atoms with Crippen LogP contribution in [-0.4, -0.2) is 32.0 Å². The summed E-state index contributed by atoms with van der Waals surface area (Å²) >= 11 is 0. The summed E-state index contributed by atoms with van der Waals surface area (Å²) in [5.41, 5.74) is 8.70. The largest absolute Gasteiger partial charge is 0.457 e. The highest BCUT2D eigenvalue weighted by Crippen LogP contribution is 2.40. The third-order valence-corrected chi connectivity index (χ3v) is 6.02. The molecule has 0 aliphatic heterocycles. The average Bonchev–Trinajstić information content (AvgIpc) is 3.67. The van der Waals surface area contributed by atoms with Crippen molar-refractivity contribution in [3.8, 4) is 11.5 Å². The van der Waals surface area contributed by atoms with Crippen LogP contribution in [0.2, 0.25) is 0 Å². The number of nitrogens with zero attached hydrogens (tertiary/aromatic N) is 5. The summed E-state index contributed by atoms with van der Waals surface area (Å²) in [6.45, 7) is 3.78. The average molecular weight is 486 g/mol. The number of nitrogens with one attached hydrogen (secondary N) is 1. The summed E-state index contributed by atoms with van der Waals surface area (Å²) in [6.07, 6.45) is 6.99. The number of imidazole rings is 1. The van der Waals surface area contributed by atoms with E-state index in [1.807, 2.05) is 42.1 Å². The summed E-state index contributed by atoms with van der Waals surface area (Å²) in [4.78, 5) is 26.1. The van der Waals surface area contributed by atoms with E-state index in [0.717, 1.165) is 29.4 Å². The number of aryl methyl sites for hydroxylation is 1. The molecule has 0 amide bonds. The Labute approximate surface area is 207 Å². The van der Waals surface area contributed by atoms with Crippen molar-refractivity contribution in [2.75, 3.05) is 18.1 Å². The highest BCUT2D eigenvalue weighted by molar-refractivity contribution is 5.81. The van der Waals surface area contributed by atoms with Crippen LogP contribution in [0.1, 0.15) is 24.3 Å². The van der Waals surface area contributed by atoms with E-state index in [1.54, 1.807) is 29.9 Å². The molecule has 10 heteroatoms. The predicted molar refractivity (Wildman–Crippen MR) is 140 cm³/mol. The van der Waals surface area contributed by atoms with E-state index >= 15 is 0 Å².